The molecular weight excluding hydrogens is 464 g/mol. The standard InChI is InChI=1S/C30H24N4O3/c1-20-9-5-6-12-24(20)30-34-33-29(37-30)23-17-15-22(16-18-23)27(35)32-26-14-8-7-13-25(26)28(36)31-19-21-10-3-2-4-11-21/h2-18H,19H2,1H3,(H,31,36)(H,32,35). The van der Waals surface area contributed by atoms with Gasteiger partial charge in [0.05, 0.1) is 11.3 Å². The van der Waals surface area contributed by atoms with E-state index in [9.17, 15) is 9.59 Å². The summed E-state index contributed by atoms with van der Waals surface area (Å²) >= 11 is 0. The molecule has 4 aromatic carbocycles. The van der Waals surface area contributed by atoms with Crippen LogP contribution in [0.2, 0.25) is 0 Å². The first-order valence-electron chi connectivity index (χ1n) is 11.8. The molecule has 0 radical (unpaired) electrons. The normalized spacial score (nSPS) is 10.6. The summed E-state index contributed by atoms with van der Waals surface area (Å²) in [7, 11) is 0. The van der Waals surface area contributed by atoms with Crippen LogP contribution >= 0.6 is 0 Å². The lowest BCUT2D eigenvalue weighted by molar-refractivity contribution is 0.0952. The van der Waals surface area contributed by atoms with Crippen molar-refractivity contribution in [2.24, 2.45) is 0 Å². The largest absolute Gasteiger partial charge is 0.416 e. The summed E-state index contributed by atoms with van der Waals surface area (Å²) in [4.78, 5) is 25.7. The lowest BCUT2D eigenvalue weighted by Gasteiger charge is -2.12. The molecule has 1 heterocycles. The third-order valence-corrected chi connectivity index (χ3v) is 5.91. The molecule has 0 fully saturated rings. The van der Waals surface area contributed by atoms with E-state index in [1.54, 1.807) is 48.5 Å². The predicted octanol–water partition coefficient (Wildman–Crippen LogP) is 5.89. The van der Waals surface area contributed by atoms with E-state index < -0.39 is 0 Å². The quantitative estimate of drug-likeness (QED) is 0.298. The number of aryl methyl sites for hydroxylation is 1. The van der Waals surface area contributed by atoms with E-state index in [1.807, 2.05) is 61.5 Å². The fourth-order valence-electron chi connectivity index (χ4n) is 3.88. The van der Waals surface area contributed by atoms with Gasteiger partial charge in [-0.3, -0.25) is 9.59 Å². The summed E-state index contributed by atoms with van der Waals surface area (Å²) in [5.74, 6) is 0.208. The molecular formula is C30H24N4O3. The van der Waals surface area contributed by atoms with Crippen LogP contribution < -0.4 is 10.6 Å². The number of anilines is 1. The average Bonchev–Trinajstić information content (AvgIpc) is 3.43. The van der Waals surface area contributed by atoms with Crippen molar-refractivity contribution in [1.29, 1.82) is 0 Å². The number of hydrogen-bond acceptors (Lipinski definition) is 5. The monoisotopic (exact) mass is 488 g/mol. The summed E-state index contributed by atoms with van der Waals surface area (Å²) in [5.41, 5.74) is 4.86. The van der Waals surface area contributed by atoms with Crippen molar-refractivity contribution < 1.29 is 14.0 Å². The number of aromatic nitrogens is 2. The molecule has 0 aliphatic heterocycles. The Labute approximate surface area is 214 Å². The second-order valence-corrected chi connectivity index (χ2v) is 8.47. The van der Waals surface area contributed by atoms with Gasteiger partial charge in [0, 0.05) is 23.2 Å². The molecule has 5 aromatic rings. The SMILES string of the molecule is Cc1ccccc1-c1nnc(-c2ccc(C(=O)Nc3ccccc3C(=O)NCc3ccccc3)cc2)o1. The van der Waals surface area contributed by atoms with Crippen LogP contribution in [0.25, 0.3) is 22.9 Å². The zero-order chi connectivity index (χ0) is 25.6. The average molecular weight is 489 g/mol. The first kappa shape index (κ1) is 23.7. The van der Waals surface area contributed by atoms with Gasteiger partial charge in [-0.1, -0.05) is 60.7 Å². The van der Waals surface area contributed by atoms with E-state index in [0.29, 0.717) is 40.7 Å². The number of hydrogen-bond donors (Lipinski definition) is 2. The van der Waals surface area contributed by atoms with Gasteiger partial charge in [0.15, 0.2) is 0 Å². The maximum absolute atomic E-state index is 12.9. The van der Waals surface area contributed by atoms with Gasteiger partial charge in [0.2, 0.25) is 11.8 Å². The molecule has 0 saturated heterocycles. The van der Waals surface area contributed by atoms with Crippen molar-refractivity contribution in [2.75, 3.05) is 5.32 Å². The van der Waals surface area contributed by atoms with Crippen LogP contribution in [0, 0.1) is 6.92 Å². The molecule has 0 bridgehead atoms. The van der Waals surface area contributed by atoms with Gasteiger partial charge in [-0.25, -0.2) is 0 Å². The van der Waals surface area contributed by atoms with Crippen molar-refractivity contribution in [3.63, 3.8) is 0 Å². The van der Waals surface area contributed by atoms with Gasteiger partial charge in [-0.2, -0.15) is 0 Å². The minimum Gasteiger partial charge on any atom is -0.416 e. The van der Waals surface area contributed by atoms with Gasteiger partial charge >= 0.3 is 0 Å². The van der Waals surface area contributed by atoms with E-state index in [0.717, 1.165) is 16.7 Å². The number of carbonyl (C=O) groups is 2. The van der Waals surface area contributed by atoms with Gasteiger partial charge in [0.25, 0.3) is 11.8 Å². The van der Waals surface area contributed by atoms with Crippen molar-refractivity contribution in [1.82, 2.24) is 15.5 Å². The van der Waals surface area contributed by atoms with E-state index >= 15 is 0 Å². The highest BCUT2D eigenvalue weighted by atomic mass is 16.4. The molecule has 182 valence electrons. The van der Waals surface area contributed by atoms with Crippen LogP contribution in [-0.4, -0.2) is 22.0 Å². The van der Waals surface area contributed by atoms with Gasteiger partial charge < -0.3 is 15.1 Å². The van der Waals surface area contributed by atoms with Crippen molar-refractivity contribution in [3.05, 3.63) is 125 Å². The first-order chi connectivity index (χ1) is 18.1. The molecule has 0 saturated carbocycles. The molecule has 37 heavy (non-hydrogen) atoms. The third kappa shape index (κ3) is 5.46. The van der Waals surface area contributed by atoms with Gasteiger partial charge in [-0.15, -0.1) is 10.2 Å². The topological polar surface area (TPSA) is 97.1 Å². The molecule has 2 N–H and O–H groups in total. The Balaban J connectivity index is 1.27. The molecule has 5 rings (SSSR count). The molecule has 0 aliphatic rings. The number of para-hydroxylation sites is 1. The zero-order valence-electron chi connectivity index (χ0n) is 20.1. The molecule has 0 aliphatic carbocycles. The Morgan fingerprint density at radius 1 is 0.730 bits per heavy atom. The summed E-state index contributed by atoms with van der Waals surface area (Å²) in [6, 6.07) is 31.2. The van der Waals surface area contributed by atoms with Crippen LogP contribution in [-0.2, 0) is 6.54 Å². The number of carbonyl (C=O) groups excluding carboxylic acids is 2. The number of benzene rings is 4. The molecule has 0 atom stereocenters. The number of nitrogens with zero attached hydrogens (tertiary/aromatic N) is 2. The van der Waals surface area contributed by atoms with E-state index in [-0.39, 0.29) is 11.8 Å². The zero-order valence-corrected chi connectivity index (χ0v) is 20.1. The van der Waals surface area contributed by atoms with Crippen LogP contribution in [0.5, 0.6) is 0 Å². The second-order valence-electron chi connectivity index (χ2n) is 8.47. The number of rotatable bonds is 7. The molecule has 0 spiro atoms. The highest BCUT2D eigenvalue weighted by Crippen LogP contribution is 2.26. The maximum atomic E-state index is 12.9. The Kier molecular flexibility index (Phi) is 6.85. The molecule has 2 amide bonds. The highest BCUT2D eigenvalue weighted by Gasteiger charge is 2.16. The predicted molar refractivity (Wildman–Crippen MR) is 142 cm³/mol. The lowest BCUT2D eigenvalue weighted by Crippen LogP contribution is -2.24. The molecule has 1 aromatic heterocycles. The highest BCUT2D eigenvalue weighted by molar-refractivity contribution is 6.09. The van der Waals surface area contributed by atoms with Crippen molar-refractivity contribution in [2.45, 2.75) is 13.5 Å². The summed E-state index contributed by atoms with van der Waals surface area (Å²) in [5, 5.41) is 14.1. The second kappa shape index (κ2) is 10.7. The Bertz CT molecular complexity index is 1540. The van der Waals surface area contributed by atoms with Crippen LogP contribution in [0.4, 0.5) is 5.69 Å². The van der Waals surface area contributed by atoms with Crippen LogP contribution in [0.3, 0.4) is 0 Å². The number of nitrogens with one attached hydrogen (secondary N) is 2. The smallest absolute Gasteiger partial charge is 0.255 e. The van der Waals surface area contributed by atoms with Crippen LogP contribution in [0.1, 0.15) is 31.8 Å². The third-order valence-electron chi connectivity index (χ3n) is 5.91. The van der Waals surface area contributed by atoms with E-state index in [1.165, 1.54) is 0 Å². The summed E-state index contributed by atoms with van der Waals surface area (Å²) in [6.45, 7) is 2.38. The van der Waals surface area contributed by atoms with E-state index in [4.69, 9.17) is 4.42 Å². The minimum absolute atomic E-state index is 0.268. The van der Waals surface area contributed by atoms with Gasteiger partial charge in [-0.05, 0) is 60.5 Å². The van der Waals surface area contributed by atoms with Crippen molar-refractivity contribution in [3.8, 4) is 22.9 Å². The Morgan fingerprint density at radius 2 is 1.41 bits per heavy atom. The number of amides is 2. The minimum atomic E-state index is -0.332. The summed E-state index contributed by atoms with van der Waals surface area (Å²) < 4.78 is 5.86. The van der Waals surface area contributed by atoms with Crippen LogP contribution in [0.15, 0.2) is 108 Å². The Hall–Kier alpha value is -5.04. The lowest BCUT2D eigenvalue weighted by atomic mass is 10.1. The fraction of sp³-hybridized carbons (Fsp3) is 0.0667. The fourth-order valence-corrected chi connectivity index (χ4v) is 3.88. The summed E-state index contributed by atoms with van der Waals surface area (Å²) in [6.07, 6.45) is 0. The molecule has 7 heteroatoms. The molecule has 0 unspecified atom stereocenters. The first-order valence-corrected chi connectivity index (χ1v) is 11.8. The van der Waals surface area contributed by atoms with E-state index in [2.05, 4.69) is 20.8 Å². The van der Waals surface area contributed by atoms with Gasteiger partial charge in [0.1, 0.15) is 0 Å². The maximum Gasteiger partial charge on any atom is 0.255 e. The Morgan fingerprint density at radius 3 is 2.19 bits per heavy atom. The molecule has 7 nitrogen and oxygen atoms in total. The van der Waals surface area contributed by atoms with Crippen molar-refractivity contribution >= 4 is 17.5 Å².